The second-order valence-electron chi connectivity index (χ2n) is 2.67. The number of hydrogen-bond donors (Lipinski definition) is 2. The molecule has 1 aromatic rings. The van der Waals surface area contributed by atoms with Crippen LogP contribution in [-0.2, 0) is 10.0 Å². The van der Waals surface area contributed by atoms with E-state index in [0.29, 0.717) is 0 Å². The zero-order valence-corrected chi connectivity index (χ0v) is 8.31. The van der Waals surface area contributed by atoms with Gasteiger partial charge in [-0.05, 0) is 19.1 Å². The van der Waals surface area contributed by atoms with Gasteiger partial charge in [0.1, 0.15) is 0 Å². The van der Waals surface area contributed by atoms with Gasteiger partial charge in [0.05, 0.1) is 11.4 Å². The molecule has 1 aromatic carbocycles. The first-order chi connectivity index (χ1) is 6.44. The van der Waals surface area contributed by atoms with Crippen molar-refractivity contribution < 1.29 is 17.9 Å². The lowest BCUT2D eigenvalue weighted by Gasteiger charge is -2.05. The molecule has 0 spiro atoms. The van der Waals surface area contributed by atoms with Crippen molar-refractivity contribution in [2.45, 2.75) is 6.92 Å². The number of rotatable bonds is 3. The highest BCUT2D eigenvalue weighted by atomic mass is 32.2. The average Bonchev–Trinajstić information content (AvgIpc) is 2.11. The Morgan fingerprint density at radius 2 is 2.14 bits per heavy atom. The van der Waals surface area contributed by atoms with E-state index in [9.17, 15) is 12.8 Å². The molecular formula is C8H10FNO3S. The van der Waals surface area contributed by atoms with Crippen molar-refractivity contribution in [1.82, 2.24) is 0 Å². The Bertz CT molecular complexity index is 430. The number of anilines is 1. The van der Waals surface area contributed by atoms with Crippen molar-refractivity contribution in [2.24, 2.45) is 0 Å². The topological polar surface area (TPSA) is 66.4 Å². The van der Waals surface area contributed by atoms with E-state index in [-0.39, 0.29) is 11.4 Å². The zero-order chi connectivity index (χ0) is 10.8. The fraction of sp³-hybridized carbons (Fsp3) is 0.250. The first-order valence-electron chi connectivity index (χ1n) is 3.93. The molecule has 0 fully saturated rings. The Balaban J connectivity index is 2.94. The van der Waals surface area contributed by atoms with Crippen LogP contribution in [0.4, 0.5) is 10.1 Å². The lowest BCUT2D eigenvalue weighted by Crippen LogP contribution is -2.14. The van der Waals surface area contributed by atoms with Crippen LogP contribution in [0, 0.1) is 5.82 Å². The molecule has 0 aliphatic heterocycles. The number of phenols is 1. The molecule has 0 aliphatic rings. The van der Waals surface area contributed by atoms with Crippen LogP contribution in [0.15, 0.2) is 18.2 Å². The second-order valence-corrected chi connectivity index (χ2v) is 4.68. The van der Waals surface area contributed by atoms with Gasteiger partial charge >= 0.3 is 0 Å². The molecule has 4 nitrogen and oxygen atoms in total. The summed E-state index contributed by atoms with van der Waals surface area (Å²) in [4.78, 5) is 0. The van der Waals surface area contributed by atoms with E-state index in [1.165, 1.54) is 13.0 Å². The highest BCUT2D eigenvalue weighted by molar-refractivity contribution is 7.92. The fourth-order valence-electron chi connectivity index (χ4n) is 0.828. The molecule has 0 radical (unpaired) electrons. The number of halogens is 1. The zero-order valence-electron chi connectivity index (χ0n) is 7.49. The number of hydrogen-bond acceptors (Lipinski definition) is 3. The van der Waals surface area contributed by atoms with Gasteiger partial charge in [-0.2, -0.15) is 0 Å². The molecule has 0 amide bonds. The number of nitrogens with one attached hydrogen (secondary N) is 1. The molecule has 0 unspecified atom stereocenters. The smallest absolute Gasteiger partial charge is 0.232 e. The molecule has 6 heteroatoms. The quantitative estimate of drug-likeness (QED) is 0.805. The third-order valence-corrected chi connectivity index (χ3v) is 2.91. The molecule has 0 atom stereocenters. The summed E-state index contributed by atoms with van der Waals surface area (Å²) < 4.78 is 36.9. The van der Waals surface area contributed by atoms with Crippen LogP contribution in [0.5, 0.6) is 5.75 Å². The lowest BCUT2D eigenvalue weighted by atomic mass is 10.3. The van der Waals surface area contributed by atoms with Gasteiger partial charge in [-0.1, -0.05) is 0 Å². The predicted octanol–water partition coefficient (Wildman–Crippen LogP) is 1.29. The minimum Gasteiger partial charge on any atom is -0.505 e. The summed E-state index contributed by atoms with van der Waals surface area (Å²) in [5.74, 6) is -1.45. The minimum atomic E-state index is -3.39. The highest BCUT2D eigenvalue weighted by Gasteiger charge is 2.08. The molecule has 2 N–H and O–H groups in total. The lowest BCUT2D eigenvalue weighted by molar-refractivity contribution is 0.433. The summed E-state index contributed by atoms with van der Waals surface area (Å²) in [6, 6.07) is 3.24. The van der Waals surface area contributed by atoms with E-state index in [4.69, 9.17) is 5.11 Å². The number of phenolic OH excluding ortho intramolecular Hbond substituents is 1. The largest absolute Gasteiger partial charge is 0.505 e. The summed E-state index contributed by atoms with van der Waals surface area (Å²) in [6.07, 6.45) is 0. The Morgan fingerprint density at radius 1 is 1.50 bits per heavy atom. The van der Waals surface area contributed by atoms with Crippen LogP contribution < -0.4 is 4.72 Å². The molecular weight excluding hydrogens is 209 g/mol. The van der Waals surface area contributed by atoms with Crippen LogP contribution in [0.3, 0.4) is 0 Å². The highest BCUT2D eigenvalue weighted by Crippen LogP contribution is 2.20. The van der Waals surface area contributed by atoms with Crippen LogP contribution in [-0.4, -0.2) is 19.3 Å². The number of sulfonamides is 1. The third kappa shape index (κ3) is 2.59. The first-order valence-corrected chi connectivity index (χ1v) is 5.59. The SMILES string of the molecule is CCS(=O)(=O)Nc1ccc(F)c(O)c1. The summed E-state index contributed by atoms with van der Waals surface area (Å²) in [7, 11) is -3.39. The first kappa shape index (κ1) is 10.8. The van der Waals surface area contributed by atoms with Crippen molar-refractivity contribution in [2.75, 3.05) is 10.5 Å². The van der Waals surface area contributed by atoms with E-state index in [1.54, 1.807) is 0 Å². The van der Waals surface area contributed by atoms with Gasteiger partial charge < -0.3 is 5.11 Å². The Morgan fingerprint density at radius 3 is 2.64 bits per heavy atom. The summed E-state index contributed by atoms with van der Waals surface area (Å²) in [5, 5.41) is 8.96. The van der Waals surface area contributed by atoms with Gasteiger partial charge in [0.2, 0.25) is 10.0 Å². The second kappa shape index (κ2) is 3.83. The molecule has 14 heavy (non-hydrogen) atoms. The van der Waals surface area contributed by atoms with Crippen molar-refractivity contribution in [3.63, 3.8) is 0 Å². The maximum atomic E-state index is 12.6. The normalized spacial score (nSPS) is 11.3. The molecule has 0 aliphatic carbocycles. The molecule has 1 rings (SSSR count). The molecule has 0 bridgehead atoms. The van der Waals surface area contributed by atoms with E-state index < -0.39 is 21.6 Å². The van der Waals surface area contributed by atoms with Gasteiger partial charge in [0, 0.05) is 6.07 Å². The maximum Gasteiger partial charge on any atom is 0.232 e. The van der Waals surface area contributed by atoms with Crippen molar-refractivity contribution >= 4 is 15.7 Å². The molecule has 0 aromatic heterocycles. The van der Waals surface area contributed by atoms with E-state index >= 15 is 0 Å². The molecule has 0 saturated carbocycles. The molecule has 0 saturated heterocycles. The van der Waals surface area contributed by atoms with Gasteiger partial charge in [-0.15, -0.1) is 0 Å². The summed E-state index contributed by atoms with van der Waals surface area (Å²) >= 11 is 0. The van der Waals surface area contributed by atoms with E-state index in [1.807, 2.05) is 0 Å². The third-order valence-electron chi connectivity index (χ3n) is 1.60. The number of aromatic hydroxyl groups is 1. The standard InChI is InChI=1S/C8H10FNO3S/c1-2-14(12,13)10-6-3-4-7(9)8(11)5-6/h3-5,10-11H,2H2,1H3. The summed E-state index contributed by atoms with van der Waals surface area (Å²) in [5.41, 5.74) is 0.144. The van der Waals surface area contributed by atoms with Crippen LogP contribution >= 0.6 is 0 Å². The van der Waals surface area contributed by atoms with Gasteiger partial charge in [0.15, 0.2) is 11.6 Å². The summed E-state index contributed by atoms with van der Waals surface area (Å²) in [6.45, 7) is 1.48. The Kier molecular flexibility index (Phi) is 2.95. The average molecular weight is 219 g/mol. The Labute approximate surface area is 81.4 Å². The minimum absolute atomic E-state index is 0.0782. The predicted molar refractivity (Wildman–Crippen MR) is 51.1 cm³/mol. The monoisotopic (exact) mass is 219 g/mol. The van der Waals surface area contributed by atoms with Crippen molar-refractivity contribution in [1.29, 1.82) is 0 Å². The van der Waals surface area contributed by atoms with Crippen LogP contribution in [0.1, 0.15) is 6.92 Å². The molecule has 0 heterocycles. The van der Waals surface area contributed by atoms with Gasteiger partial charge in [0.25, 0.3) is 0 Å². The van der Waals surface area contributed by atoms with Crippen molar-refractivity contribution in [3.8, 4) is 5.75 Å². The molecule has 78 valence electrons. The van der Waals surface area contributed by atoms with Crippen LogP contribution in [0.25, 0.3) is 0 Å². The van der Waals surface area contributed by atoms with E-state index in [2.05, 4.69) is 4.72 Å². The van der Waals surface area contributed by atoms with Gasteiger partial charge in [-0.25, -0.2) is 12.8 Å². The fourth-order valence-corrected chi connectivity index (χ4v) is 1.46. The maximum absolute atomic E-state index is 12.6. The van der Waals surface area contributed by atoms with Crippen molar-refractivity contribution in [3.05, 3.63) is 24.0 Å². The Hall–Kier alpha value is -1.30. The van der Waals surface area contributed by atoms with E-state index in [0.717, 1.165) is 12.1 Å². The number of benzene rings is 1. The van der Waals surface area contributed by atoms with Gasteiger partial charge in [-0.3, -0.25) is 4.72 Å². The van der Waals surface area contributed by atoms with Crippen LogP contribution in [0.2, 0.25) is 0 Å².